The average molecular weight is 265 g/mol. The Kier molecular flexibility index (Phi) is 4.44. The highest BCUT2D eigenvalue weighted by Crippen LogP contribution is 2.31. The molecule has 1 aliphatic carbocycles. The molecule has 0 aromatic heterocycles. The minimum atomic E-state index is -0.861. The maximum Gasteiger partial charge on any atom is 0.0560 e. The molecule has 18 heavy (non-hydrogen) atoms. The van der Waals surface area contributed by atoms with Gasteiger partial charge in [0.05, 0.1) is 10.8 Å². The van der Waals surface area contributed by atoms with Crippen LogP contribution in [0.1, 0.15) is 44.6 Å². The van der Waals surface area contributed by atoms with Crippen molar-refractivity contribution in [1.82, 2.24) is 0 Å². The summed E-state index contributed by atoms with van der Waals surface area (Å²) in [5.74, 6) is 0.853. The normalized spacial score (nSPS) is 25.9. The van der Waals surface area contributed by atoms with E-state index in [2.05, 4.69) is 6.92 Å². The standard InChI is InChI=1S/C15H23NOS/c1-3-12-4-6-13(7-5-12)18(17)14-8-9-15(16)11(2)10-14/h8-10,12-13H,3-7,16H2,1-2H3. The molecule has 3 heteroatoms. The van der Waals surface area contributed by atoms with Gasteiger partial charge in [0.2, 0.25) is 0 Å². The highest BCUT2D eigenvalue weighted by atomic mass is 32.2. The fourth-order valence-corrected chi connectivity index (χ4v) is 4.30. The van der Waals surface area contributed by atoms with Gasteiger partial charge in [-0.05, 0) is 62.3 Å². The number of aryl methyl sites for hydroxylation is 1. The summed E-state index contributed by atoms with van der Waals surface area (Å²) in [6.07, 6.45) is 5.95. The topological polar surface area (TPSA) is 43.1 Å². The van der Waals surface area contributed by atoms with E-state index < -0.39 is 10.8 Å². The van der Waals surface area contributed by atoms with Crippen molar-refractivity contribution in [3.63, 3.8) is 0 Å². The summed E-state index contributed by atoms with van der Waals surface area (Å²) >= 11 is 0. The van der Waals surface area contributed by atoms with Crippen molar-refractivity contribution in [1.29, 1.82) is 0 Å². The third kappa shape index (κ3) is 2.94. The van der Waals surface area contributed by atoms with E-state index in [9.17, 15) is 4.21 Å². The SMILES string of the molecule is CCC1CCC(S(=O)c2ccc(N)c(C)c2)CC1. The zero-order chi connectivity index (χ0) is 13.1. The fraction of sp³-hybridized carbons (Fsp3) is 0.600. The zero-order valence-corrected chi connectivity index (χ0v) is 12.1. The number of hydrogen-bond donors (Lipinski definition) is 1. The molecule has 1 atom stereocenters. The molecule has 0 radical (unpaired) electrons. The quantitative estimate of drug-likeness (QED) is 0.848. The molecular formula is C15H23NOS. The first-order chi connectivity index (χ1) is 8.61. The Hall–Kier alpha value is -0.830. The van der Waals surface area contributed by atoms with Crippen molar-refractivity contribution >= 4 is 16.5 Å². The van der Waals surface area contributed by atoms with Gasteiger partial charge >= 0.3 is 0 Å². The molecule has 1 fully saturated rings. The molecule has 1 aromatic rings. The minimum Gasteiger partial charge on any atom is -0.399 e. The van der Waals surface area contributed by atoms with Crippen LogP contribution in [0.15, 0.2) is 23.1 Å². The lowest BCUT2D eigenvalue weighted by Gasteiger charge is -2.27. The minimum absolute atomic E-state index is 0.343. The van der Waals surface area contributed by atoms with Gasteiger partial charge in [0.1, 0.15) is 0 Å². The summed E-state index contributed by atoms with van der Waals surface area (Å²) < 4.78 is 12.5. The number of anilines is 1. The van der Waals surface area contributed by atoms with E-state index in [4.69, 9.17) is 5.73 Å². The molecule has 0 spiro atoms. The van der Waals surface area contributed by atoms with Crippen LogP contribution in [0.3, 0.4) is 0 Å². The van der Waals surface area contributed by atoms with Crippen LogP contribution in [0.4, 0.5) is 5.69 Å². The summed E-state index contributed by atoms with van der Waals surface area (Å²) in [5, 5.41) is 0.343. The molecule has 2 rings (SSSR count). The summed E-state index contributed by atoms with van der Waals surface area (Å²) in [4.78, 5) is 0.946. The Morgan fingerprint density at radius 2 is 1.94 bits per heavy atom. The molecule has 1 saturated carbocycles. The third-order valence-corrected chi connectivity index (χ3v) is 5.94. The van der Waals surface area contributed by atoms with Crippen LogP contribution < -0.4 is 5.73 Å². The Bertz CT molecular complexity index is 436. The van der Waals surface area contributed by atoms with Crippen molar-refractivity contribution in [3.8, 4) is 0 Å². The second-order valence-electron chi connectivity index (χ2n) is 5.37. The van der Waals surface area contributed by atoms with Gasteiger partial charge in [0, 0.05) is 15.8 Å². The largest absolute Gasteiger partial charge is 0.399 e. The fourth-order valence-electron chi connectivity index (χ4n) is 2.72. The van der Waals surface area contributed by atoms with Crippen molar-refractivity contribution in [2.24, 2.45) is 5.92 Å². The van der Waals surface area contributed by atoms with Crippen LogP contribution in [0.2, 0.25) is 0 Å². The van der Waals surface area contributed by atoms with Crippen LogP contribution in [-0.4, -0.2) is 9.46 Å². The highest BCUT2D eigenvalue weighted by Gasteiger charge is 2.25. The van der Waals surface area contributed by atoms with Gasteiger partial charge in [0.15, 0.2) is 0 Å². The predicted octanol–water partition coefficient (Wildman–Crippen LogP) is 3.65. The molecule has 0 saturated heterocycles. The Morgan fingerprint density at radius 3 is 2.50 bits per heavy atom. The lowest BCUT2D eigenvalue weighted by atomic mass is 9.87. The molecule has 1 aliphatic rings. The van der Waals surface area contributed by atoms with Crippen molar-refractivity contribution in [2.45, 2.75) is 56.1 Å². The van der Waals surface area contributed by atoms with Crippen LogP contribution in [0, 0.1) is 12.8 Å². The van der Waals surface area contributed by atoms with E-state index in [1.165, 1.54) is 19.3 Å². The van der Waals surface area contributed by atoms with Gasteiger partial charge in [-0.15, -0.1) is 0 Å². The number of nitrogen functional groups attached to an aromatic ring is 1. The molecule has 0 amide bonds. The second-order valence-corrected chi connectivity index (χ2v) is 7.10. The Morgan fingerprint density at radius 1 is 1.28 bits per heavy atom. The molecule has 2 nitrogen and oxygen atoms in total. The first-order valence-electron chi connectivity index (χ1n) is 6.88. The van der Waals surface area contributed by atoms with Gasteiger partial charge in [0.25, 0.3) is 0 Å². The van der Waals surface area contributed by atoms with Crippen LogP contribution in [0.25, 0.3) is 0 Å². The predicted molar refractivity (Wildman–Crippen MR) is 78.0 cm³/mol. The smallest absolute Gasteiger partial charge is 0.0560 e. The number of hydrogen-bond acceptors (Lipinski definition) is 2. The molecule has 1 aromatic carbocycles. The van der Waals surface area contributed by atoms with E-state index >= 15 is 0 Å². The van der Waals surface area contributed by atoms with E-state index in [0.717, 1.165) is 34.9 Å². The molecule has 0 heterocycles. The lowest BCUT2D eigenvalue weighted by Crippen LogP contribution is -2.23. The van der Waals surface area contributed by atoms with E-state index in [1.807, 2.05) is 25.1 Å². The third-order valence-electron chi connectivity index (χ3n) is 4.15. The van der Waals surface area contributed by atoms with Gasteiger partial charge in [-0.25, -0.2) is 0 Å². The molecular weight excluding hydrogens is 242 g/mol. The first-order valence-corrected chi connectivity index (χ1v) is 8.09. The van der Waals surface area contributed by atoms with Gasteiger partial charge in [-0.1, -0.05) is 13.3 Å². The maximum atomic E-state index is 12.5. The summed E-state index contributed by atoms with van der Waals surface area (Å²) in [7, 11) is -0.861. The summed E-state index contributed by atoms with van der Waals surface area (Å²) in [6, 6.07) is 5.78. The molecule has 100 valence electrons. The van der Waals surface area contributed by atoms with Crippen LogP contribution in [-0.2, 0) is 10.8 Å². The summed E-state index contributed by atoms with van der Waals surface area (Å²) in [5.41, 5.74) is 7.62. The average Bonchev–Trinajstić information content (AvgIpc) is 2.41. The number of benzene rings is 1. The lowest BCUT2D eigenvalue weighted by molar-refractivity contribution is 0.353. The second kappa shape index (κ2) is 5.87. The Balaban J connectivity index is 2.05. The van der Waals surface area contributed by atoms with Crippen molar-refractivity contribution in [3.05, 3.63) is 23.8 Å². The number of rotatable bonds is 3. The van der Waals surface area contributed by atoms with Gasteiger partial charge in [-0.2, -0.15) is 0 Å². The molecule has 0 bridgehead atoms. The Labute approximate surface area is 112 Å². The van der Waals surface area contributed by atoms with E-state index in [0.29, 0.717) is 5.25 Å². The van der Waals surface area contributed by atoms with Gasteiger partial charge in [-0.3, -0.25) is 4.21 Å². The van der Waals surface area contributed by atoms with E-state index in [-0.39, 0.29) is 0 Å². The van der Waals surface area contributed by atoms with Crippen molar-refractivity contribution in [2.75, 3.05) is 5.73 Å². The zero-order valence-electron chi connectivity index (χ0n) is 11.3. The maximum absolute atomic E-state index is 12.5. The first kappa shape index (κ1) is 13.6. The number of nitrogens with two attached hydrogens (primary N) is 1. The highest BCUT2D eigenvalue weighted by molar-refractivity contribution is 7.85. The van der Waals surface area contributed by atoms with Gasteiger partial charge < -0.3 is 5.73 Å². The molecule has 1 unspecified atom stereocenters. The molecule has 2 N–H and O–H groups in total. The molecule has 0 aliphatic heterocycles. The van der Waals surface area contributed by atoms with Crippen LogP contribution >= 0.6 is 0 Å². The monoisotopic (exact) mass is 265 g/mol. The van der Waals surface area contributed by atoms with Crippen molar-refractivity contribution < 1.29 is 4.21 Å². The van der Waals surface area contributed by atoms with Crippen LogP contribution in [0.5, 0.6) is 0 Å². The summed E-state index contributed by atoms with van der Waals surface area (Å²) in [6.45, 7) is 4.23. The van der Waals surface area contributed by atoms with E-state index in [1.54, 1.807) is 0 Å².